The number of hydrogen-bond acceptors (Lipinski definition) is 1. The molecule has 1 heteroatoms. The Labute approximate surface area is 77.9 Å². The van der Waals surface area contributed by atoms with Gasteiger partial charge in [-0.15, -0.1) is 0 Å². The van der Waals surface area contributed by atoms with Gasteiger partial charge in [0.1, 0.15) is 0 Å². The molecule has 0 amide bonds. The van der Waals surface area contributed by atoms with Crippen LogP contribution in [0.2, 0.25) is 0 Å². The van der Waals surface area contributed by atoms with Crippen LogP contribution in [-0.4, -0.2) is 13.1 Å². The first-order chi connectivity index (χ1) is 5.61. The highest BCUT2D eigenvalue weighted by molar-refractivity contribution is 4.67. The standard InChI is InChI=1S/C11H25N/c1-6-7-9(2)10(3)8-11(4)12-5/h9-12H,6-8H2,1-5H3. The smallest absolute Gasteiger partial charge is 0.00383 e. The summed E-state index contributed by atoms with van der Waals surface area (Å²) in [7, 11) is 2.04. The lowest BCUT2D eigenvalue weighted by atomic mass is 9.87. The second-order valence-corrected chi connectivity index (χ2v) is 4.17. The minimum Gasteiger partial charge on any atom is -0.317 e. The topological polar surface area (TPSA) is 12.0 Å². The zero-order valence-corrected chi connectivity index (χ0v) is 9.35. The van der Waals surface area contributed by atoms with Crippen LogP contribution in [0.3, 0.4) is 0 Å². The molecule has 0 rings (SSSR count). The van der Waals surface area contributed by atoms with Crippen molar-refractivity contribution in [3.63, 3.8) is 0 Å². The van der Waals surface area contributed by atoms with Gasteiger partial charge in [0.2, 0.25) is 0 Å². The average Bonchev–Trinajstić information content (AvgIpc) is 2.04. The van der Waals surface area contributed by atoms with Crippen LogP contribution < -0.4 is 5.32 Å². The third-order valence-corrected chi connectivity index (χ3v) is 2.93. The lowest BCUT2D eigenvalue weighted by molar-refractivity contribution is 0.312. The molecule has 0 aromatic carbocycles. The van der Waals surface area contributed by atoms with Gasteiger partial charge in [-0.1, -0.05) is 33.6 Å². The van der Waals surface area contributed by atoms with Gasteiger partial charge in [-0.2, -0.15) is 0 Å². The molecule has 0 saturated heterocycles. The number of rotatable bonds is 6. The Morgan fingerprint density at radius 2 is 1.67 bits per heavy atom. The van der Waals surface area contributed by atoms with Crippen LogP contribution in [0.4, 0.5) is 0 Å². The maximum Gasteiger partial charge on any atom is 0.00383 e. The van der Waals surface area contributed by atoms with Gasteiger partial charge in [0.05, 0.1) is 0 Å². The summed E-state index contributed by atoms with van der Waals surface area (Å²) in [5, 5.41) is 3.29. The van der Waals surface area contributed by atoms with E-state index in [0.29, 0.717) is 6.04 Å². The first kappa shape index (κ1) is 12.0. The molecule has 1 nitrogen and oxygen atoms in total. The van der Waals surface area contributed by atoms with Crippen molar-refractivity contribution < 1.29 is 0 Å². The van der Waals surface area contributed by atoms with Crippen molar-refractivity contribution in [3.8, 4) is 0 Å². The van der Waals surface area contributed by atoms with E-state index in [1.54, 1.807) is 0 Å². The molecule has 0 spiro atoms. The summed E-state index contributed by atoms with van der Waals surface area (Å²) in [4.78, 5) is 0. The van der Waals surface area contributed by atoms with Crippen LogP contribution in [0.1, 0.15) is 47.0 Å². The predicted octanol–water partition coefficient (Wildman–Crippen LogP) is 3.06. The molecule has 74 valence electrons. The quantitative estimate of drug-likeness (QED) is 0.647. The molecule has 1 N–H and O–H groups in total. The van der Waals surface area contributed by atoms with E-state index in [1.807, 2.05) is 7.05 Å². The summed E-state index contributed by atoms with van der Waals surface area (Å²) in [6.45, 7) is 9.27. The van der Waals surface area contributed by atoms with Crippen LogP contribution in [0.15, 0.2) is 0 Å². The molecule has 3 atom stereocenters. The van der Waals surface area contributed by atoms with Gasteiger partial charge >= 0.3 is 0 Å². The normalized spacial score (nSPS) is 18.8. The van der Waals surface area contributed by atoms with Crippen molar-refractivity contribution in [1.82, 2.24) is 5.32 Å². The van der Waals surface area contributed by atoms with Crippen molar-refractivity contribution >= 4 is 0 Å². The molecule has 0 aliphatic heterocycles. The number of hydrogen-bond donors (Lipinski definition) is 1. The third kappa shape index (κ3) is 4.76. The lowest BCUT2D eigenvalue weighted by Crippen LogP contribution is -2.25. The molecule has 0 heterocycles. The van der Waals surface area contributed by atoms with Gasteiger partial charge in [0.15, 0.2) is 0 Å². The highest BCUT2D eigenvalue weighted by atomic mass is 14.8. The fraction of sp³-hybridized carbons (Fsp3) is 1.00. The molecule has 0 aliphatic rings. The van der Waals surface area contributed by atoms with E-state index in [0.717, 1.165) is 11.8 Å². The highest BCUT2D eigenvalue weighted by Gasteiger charge is 2.13. The van der Waals surface area contributed by atoms with Crippen LogP contribution in [0.25, 0.3) is 0 Å². The van der Waals surface area contributed by atoms with Crippen LogP contribution in [0.5, 0.6) is 0 Å². The van der Waals surface area contributed by atoms with Crippen molar-refractivity contribution in [2.75, 3.05) is 7.05 Å². The van der Waals surface area contributed by atoms with Crippen molar-refractivity contribution in [2.45, 2.75) is 53.0 Å². The van der Waals surface area contributed by atoms with Gasteiger partial charge in [-0.3, -0.25) is 0 Å². The average molecular weight is 171 g/mol. The molecule has 3 unspecified atom stereocenters. The maximum absolute atomic E-state index is 3.29. The Bertz CT molecular complexity index is 101. The second kappa shape index (κ2) is 6.47. The van der Waals surface area contributed by atoms with Crippen LogP contribution in [-0.2, 0) is 0 Å². The predicted molar refractivity (Wildman–Crippen MR) is 56.4 cm³/mol. The van der Waals surface area contributed by atoms with Gasteiger partial charge < -0.3 is 5.32 Å². The monoisotopic (exact) mass is 171 g/mol. The van der Waals surface area contributed by atoms with Crippen LogP contribution >= 0.6 is 0 Å². The number of nitrogens with one attached hydrogen (secondary N) is 1. The molecule has 0 aromatic heterocycles. The summed E-state index contributed by atoms with van der Waals surface area (Å²) in [5.41, 5.74) is 0. The van der Waals surface area contributed by atoms with Gasteiger partial charge in [0.25, 0.3) is 0 Å². The molecular weight excluding hydrogens is 146 g/mol. The Morgan fingerprint density at radius 1 is 1.08 bits per heavy atom. The van der Waals surface area contributed by atoms with Crippen molar-refractivity contribution in [2.24, 2.45) is 11.8 Å². The fourth-order valence-electron chi connectivity index (χ4n) is 1.65. The Morgan fingerprint density at radius 3 is 2.08 bits per heavy atom. The van der Waals surface area contributed by atoms with E-state index in [4.69, 9.17) is 0 Å². The molecule has 0 bridgehead atoms. The minimum atomic E-state index is 0.666. The molecule has 0 saturated carbocycles. The molecule has 0 aliphatic carbocycles. The van der Waals surface area contributed by atoms with Gasteiger partial charge in [-0.05, 0) is 32.2 Å². The molecule has 0 fully saturated rings. The van der Waals surface area contributed by atoms with E-state index in [2.05, 4.69) is 33.0 Å². The van der Waals surface area contributed by atoms with Crippen molar-refractivity contribution in [1.29, 1.82) is 0 Å². The summed E-state index contributed by atoms with van der Waals surface area (Å²) < 4.78 is 0. The Kier molecular flexibility index (Phi) is 6.45. The van der Waals surface area contributed by atoms with E-state index in [9.17, 15) is 0 Å². The Hall–Kier alpha value is -0.0400. The van der Waals surface area contributed by atoms with Gasteiger partial charge in [-0.25, -0.2) is 0 Å². The largest absolute Gasteiger partial charge is 0.317 e. The molecule has 0 aromatic rings. The fourth-order valence-corrected chi connectivity index (χ4v) is 1.65. The zero-order valence-electron chi connectivity index (χ0n) is 9.35. The summed E-state index contributed by atoms with van der Waals surface area (Å²) in [6, 6.07) is 0.666. The first-order valence-corrected chi connectivity index (χ1v) is 5.29. The second-order valence-electron chi connectivity index (χ2n) is 4.17. The summed E-state index contributed by atoms with van der Waals surface area (Å²) in [5.74, 6) is 1.73. The first-order valence-electron chi connectivity index (χ1n) is 5.29. The lowest BCUT2D eigenvalue weighted by Gasteiger charge is -2.22. The molecule has 12 heavy (non-hydrogen) atoms. The van der Waals surface area contributed by atoms with Crippen LogP contribution in [0, 0.1) is 11.8 Å². The highest BCUT2D eigenvalue weighted by Crippen LogP contribution is 2.20. The van der Waals surface area contributed by atoms with E-state index in [1.165, 1.54) is 19.3 Å². The van der Waals surface area contributed by atoms with E-state index in [-0.39, 0.29) is 0 Å². The summed E-state index contributed by atoms with van der Waals surface area (Å²) in [6.07, 6.45) is 3.99. The molecule has 0 radical (unpaired) electrons. The zero-order chi connectivity index (χ0) is 9.56. The van der Waals surface area contributed by atoms with E-state index >= 15 is 0 Å². The SMILES string of the molecule is CCCC(C)C(C)CC(C)NC. The van der Waals surface area contributed by atoms with Crippen molar-refractivity contribution in [3.05, 3.63) is 0 Å². The van der Waals surface area contributed by atoms with E-state index < -0.39 is 0 Å². The third-order valence-electron chi connectivity index (χ3n) is 2.93. The minimum absolute atomic E-state index is 0.666. The molecular formula is C11H25N. The van der Waals surface area contributed by atoms with Gasteiger partial charge in [0, 0.05) is 6.04 Å². The Balaban J connectivity index is 3.62. The summed E-state index contributed by atoms with van der Waals surface area (Å²) >= 11 is 0. The maximum atomic E-state index is 3.29.